The molecule has 0 bridgehead atoms. The SMILES string of the molecule is NCCOc1ccc(C=CC(=O)COC2(C(=O)O)CC(O)C(O)C3OC(C(=O)C=Cc4cc(O)c(O)cc4CO)C(CO)CC32)cc1O. The highest BCUT2D eigenvalue weighted by Gasteiger charge is 2.62. The number of carbonyl (C=O) groups excluding carboxylic acids is 2. The molecule has 1 aliphatic carbocycles. The summed E-state index contributed by atoms with van der Waals surface area (Å²) in [6.45, 7) is -1.47. The number of hydrogen-bond donors (Lipinski definition) is 9. The Kier molecular flexibility index (Phi) is 11.9. The second kappa shape index (κ2) is 15.7. The maximum Gasteiger partial charge on any atom is 0.336 e. The van der Waals surface area contributed by atoms with Crippen molar-refractivity contribution in [2.45, 2.75) is 49.5 Å². The predicted molar refractivity (Wildman–Crippen MR) is 167 cm³/mol. The Hall–Kier alpha value is -4.35. The molecule has 1 heterocycles. The average molecular weight is 674 g/mol. The molecule has 0 radical (unpaired) electrons. The summed E-state index contributed by atoms with van der Waals surface area (Å²) in [6, 6.07) is 6.65. The van der Waals surface area contributed by atoms with Crippen LogP contribution < -0.4 is 10.5 Å². The van der Waals surface area contributed by atoms with Crippen LogP contribution in [0.2, 0.25) is 0 Å². The second-order valence-corrected chi connectivity index (χ2v) is 11.6. The molecule has 1 saturated heterocycles. The molecule has 1 saturated carbocycles. The van der Waals surface area contributed by atoms with E-state index in [1.54, 1.807) is 6.07 Å². The number of benzene rings is 2. The van der Waals surface area contributed by atoms with E-state index in [1.165, 1.54) is 24.3 Å². The summed E-state index contributed by atoms with van der Waals surface area (Å²) in [4.78, 5) is 38.8. The van der Waals surface area contributed by atoms with Crippen molar-refractivity contribution < 1.29 is 69.4 Å². The van der Waals surface area contributed by atoms with Gasteiger partial charge in [0.1, 0.15) is 25.4 Å². The lowest BCUT2D eigenvalue weighted by Gasteiger charge is -2.53. The molecular weight excluding hydrogens is 634 g/mol. The number of aromatic hydroxyl groups is 3. The third-order valence-electron chi connectivity index (χ3n) is 8.53. The van der Waals surface area contributed by atoms with E-state index in [-0.39, 0.29) is 42.2 Å². The molecule has 2 aliphatic rings. The number of carboxylic acid groups (broad SMARTS) is 1. The number of aliphatic carboxylic acids is 1. The van der Waals surface area contributed by atoms with Gasteiger partial charge in [-0.05, 0) is 59.5 Å². The lowest BCUT2D eigenvalue weighted by molar-refractivity contribution is -0.260. The molecule has 0 spiro atoms. The standard InChI is InChI=1S/C33H39NO14/c34-7-8-46-28-6-2-17(9-26(28)41)1-4-21(37)16-47-33(32(44)45)13-27(42)29(43)31-22(33)10-20(15-36)30(48-31)23(38)5-3-18-11-24(39)25(40)12-19(18)14-35/h1-6,9,11-12,20,22,27,29-31,35-36,39-43H,7-8,10,13-16,34H2,(H,44,45). The fraction of sp³-hybridized carbons (Fsp3) is 0.424. The van der Waals surface area contributed by atoms with Gasteiger partial charge < -0.3 is 60.8 Å². The molecule has 0 amide bonds. The first kappa shape index (κ1) is 36.5. The van der Waals surface area contributed by atoms with Crippen molar-refractivity contribution in [3.63, 3.8) is 0 Å². The number of ether oxygens (including phenoxy) is 3. The van der Waals surface area contributed by atoms with Gasteiger partial charge in [0, 0.05) is 31.4 Å². The van der Waals surface area contributed by atoms with Gasteiger partial charge in [0.15, 0.2) is 40.2 Å². The Morgan fingerprint density at radius 3 is 2.38 bits per heavy atom. The molecule has 2 aromatic carbocycles. The van der Waals surface area contributed by atoms with E-state index < -0.39 is 97.1 Å². The van der Waals surface area contributed by atoms with Crippen molar-refractivity contribution in [3.05, 3.63) is 59.2 Å². The first-order valence-corrected chi connectivity index (χ1v) is 15.1. The van der Waals surface area contributed by atoms with Crippen molar-refractivity contribution in [1.82, 2.24) is 0 Å². The van der Waals surface area contributed by atoms with Crippen LogP contribution in [0.1, 0.15) is 29.5 Å². The third-order valence-corrected chi connectivity index (χ3v) is 8.53. The fourth-order valence-corrected chi connectivity index (χ4v) is 6.04. The summed E-state index contributed by atoms with van der Waals surface area (Å²) in [6.07, 6.45) is -2.20. The van der Waals surface area contributed by atoms with E-state index in [4.69, 9.17) is 19.9 Å². The number of phenolic OH excluding ortho intramolecular Hbond substituents is 3. The summed E-state index contributed by atoms with van der Waals surface area (Å²) in [5, 5.41) is 81.3. The maximum atomic E-state index is 13.3. The molecule has 7 unspecified atom stereocenters. The van der Waals surface area contributed by atoms with Gasteiger partial charge in [0.2, 0.25) is 0 Å². The maximum absolute atomic E-state index is 13.3. The number of carboxylic acids is 1. The quantitative estimate of drug-likeness (QED) is 0.0932. The Bertz CT molecular complexity index is 1560. The number of ketones is 2. The molecular formula is C33H39NO14. The largest absolute Gasteiger partial charge is 0.504 e. The Morgan fingerprint density at radius 2 is 1.73 bits per heavy atom. The molecule has 48 heavy (non-hydrogen) atoms. The number of hydrogen-bond acceptors (Lipinski definition) is 14. The van der Waals surface area contributed by atoms with Crippen LogP contribution in [-0.2, 0) is 30.5 Å². The number of aliphatic hydroxyl groups is 4. The van der Waals surface area contributed by atoms with E-state index in [9.17, 15) is 55.2 Å². The minimum Gasteiger partial charge on any atom is -0.504 e. The topological polar surface area (TPSA) is 267 Å². The summed E-state index contributed by atoms with van der Waals surface area (Å²) >= 11 is 0. The van der Waals surface area contributed by atoms with Crippen LogP contribution >= 0.6 is 0 Å². The van der Waals surface area contributed by atoms with Crippen molar-refractivity contribution in [3.8, 4) is 23.0 Å². The zero-order valence-corrected chi connectivity index (χ0v) is 25.7. The van der Waals surface area contributed by atoms with Gasteiger partial charge in [-0.2, -0.15) is 0 Å². The molecule has 2 aromatic rings. The Labute approximate surface area is 274 Å². The number of rotatable bonds is 14. The van der Waals surface area contributed by atoms with Crippen molar-refractivity contribution in [2.75, 3.05) is 26.4 Å². The number of aliphatic hydroxyl groups excluding tert-OH is 4. The van der Waals surface area contributed by atoms with Crippen LogP contribution in [-0.4, -0.2) is 115 Å². The van der Waals surface area contributed by atoms with E-state index in [0.717, 1.165) is 24.3 Å². The zero-order chi connectivity index (χ0) is 35.2. The predicted octanol–water partition coefficient (Wildman–Crippen LogP) is -0.154. The molecule has 15 nitrogen and oxygen atoms in total. The lowest BCUT2D eigenvalue weighted by atomic mass is 9.65. The van der Waals surface area contributed by atoms with E-state index in [2.05, 4.69) is 0 Å². The second-order valence-electron chi connectivity index (χ2n) is 11.6. The van der Waals surface area contributed by atoms with Crippen LogP contribution in [0.4, 0.5) is 0 Å². The Balaban J connectivity index is 1.52. The average Bonchev–Trinajstić information content (AvgIpc) is 3.07. The third kappa shape index (κ3) is 7.85. The van der Waals surface area contributed by atoms with Crippen molar-refractivity contribution in [2.24, 2.45) is 17.6 Å². The number of phenols is 3. The number of fused-ring (bicyclic) bond motifs is 1. The summed E-state index contributed by atoms with van der Waals surface area (Å²) in [5.74, 6) is -6.06. The molecule has 2 fully saturated rings. The summed E-state index contributed by atoms with van der Waals surface area (Å²) in [7, 11) is 0. The van der Waals surface area contributed by atoms with Crippen LogP contribution in [0.25, 0.3) is 12.2 Å². The van der Waals surface area contributed by atoms with Gasteiger partial charge in [-0.3, -0.25) is 9.59 Å². The number of nitrogens with two attached hydrogens (primary N) is 1. The highest BCUT2D eigenvalue weighted by molar-refractivity contribution is 5.97. The van der Waals surface area contributed by atoms with Gasteiger partial charge in [-0.15, -0.1) is 0 Å². The zero-order valence-electron chi connectivity index (χ0n) is 25.7. The van der Waals surface area contributed by atoms with Gasteiger partial charge in [-0.25, -0.2) is 4.79 Å². The van der Waals surface area contributed by atoms with Crippen LogP contribution in [0.3, 0.4) is 0 Å². The monoisotopic (exact) mass is 673 g/mol. The van der Waals surface area contributed by atoms with E-state index >= 15 is 0 Å². The molecule has 0 aromatic heterocycles. The molecule has 1 aliphatic heterocycles. The smallest absolute Gasteiger partial charge is 0.336 e. The molecule has 15 heteroatoms. The highest BCUT2D eigenvalue weighted by Crippen LogP contribution is 2.47. The molecule has 7 atom stereocenters. The summed E-state index contributed by atoms with van der Waals surface area (Å²) < 4.78 is 16.9. The van der Waals surface area contributed by atoms with Crippen molar-refractivity contribution >= 4 is 29.7 Å². The first-order chi connectivity index (χ1) is 22.8. The van der Waals surface area contributed by atoms with Gasteiger partial charge in [0.05, 0.1) is 18.8 Å². The van der Waals surface area contributed by atoms with E-state index in [0.29, 0.717) is 5.56 Å². The first-order valence-electron chi connectivity index (χ1n) is 15.1. The van der Waals surface area contributed by atoms with Gasteiger partial charge in [-0.1, -0.05) is 18.2 Å². The number of carbonyl (C=O) groups is 3. The molecule has 4 rings (SSSR count). The minimum atomic E-state index is -2.25. The molecule has 260 valence electrons. The molecule has 10 N–H and O–H groups in total. The normalized spacial score (nSPS) is 27.2. The van der Waals surface area contributed by atoms with Crippen LogP contribution in [0.15, 0.2) is 42.5 Å². The van der Waals surface area contributed by atoms with Crippen LogP contribution in [0, 0.1) is 11.8 Å². The highest BCUT2D eigenvalue weighted by atomic mass is 16.5. The van der Waals surface area contributed by atoms with Gasteiger partial charge >= 0.3 is 5.97 Å². The van der Waals surface area contributed by atoms with E-state index in [1.807, 2.05) is 0 Å². The lowest BCUT2D eigenvalue weighted by Crippen LogP contribution is -2.68. The van der Waals surface area contributed by atoms with Gasteiger partial charge in [0.25, 0.3) is 0 Å². The van der Waals surface area contributed by atoms with Crippen molar-refractivity contribution in [1.29, 1.82) is 0 Å². The minimum absolute atomic E-state index is 0.183. The fourth-order valence-electron chi connectivity index (χ4n) is 6.04. The van der Waals surface area contributed by atoms with Crippen LogP contribution in [0.5, 0.6) is 23.0 Å². The summed E-state index contributed by atoms with van der Waals surface area (Å²) in [5.41, 5.74) is 3.97. The Morgan fingerprint density at radius 1 is 1.00 bits per heavy atom.